The maximum Gasteiger partial charge on any atom is 0.339 e. The Morgan fingerprint density at radius 2 is 1.95 bits per heavy atom. The first-order valence-electron chi connectivity index (χ1n) is 5.75. The van der Waals surface area contributed by atoms with Gasteiger partial charge in [-0.15, -0.1) is 0 Å². The molecule has 2 N–H and O–H groups in total. The summed E-state index contributed by atoms with van der Waals surface area (Å²) in [6.45, 7) is 6.43. The van der Waals surface area contributed by atoms with E-state index in [1.807, 2.05) is 0 Å². The van der Waals surface area contributed by atoms with E-state index in [-0.39, 0.29) is 22.6 Å². The highest BCUT2D eigenvalue weighted by molar-refractivity contribution is 5.91. The van der Waals surface area contributed by atoms with Crippen LogP contribution < -0.4 is 4.74 Å². The summed E-state index contributed by atoms with van der Waals surface area (Å²) < 4.78 is 9.36. The number of methoxy groups -OCH3 is 1. The molecule has 0 amide bonds. The number of aliphatic hydroxyl groups is 1. The number of aryl methyl sites for hydroxylation is 1. The van der Waals surface area contributed by atoms with Crippen molar-refractivity contribution in [1.29, 1.82) is 0 Å². The number of hydrogen-bond acceptors (Lipinski definition) is 6. The Morgan fingerprint density at radius 1 is 1.35 bits per heavy atom. The number of ether oxygens (including phenoxy) is 2. The van der Waals surface area contributed by atoms with E-state index >= 15 is 0 Å². The van der Waals surface area contributed by atoms with E-state index in [1.54, 1.807) is 6.92 Å². The second-order valence-corrected chi connectivity index (χ2v) is 4.18. The van der Waals surface area contributed by atoms with Crippen LogP contribution in [0.4, 0.5) is 0 Å². The molecular formula is C14H16O6. The van der Waals surface area contributed by atoms with Gasteiger partial charge in [0.25, 0.3) is 0 Å². The van der Waals surface area contributed by atoms with Crippen LogP contribution in [-0.2, 0) is 14.3 Å². The van der Waals surface area contributed by atoms with Gasteiger partial charge in [-0.2, -0.15) is 0 Å². The number of aromatic hydroxyl groups is 1. The van der Waals surface area contributed by atoms with E-state index in [0.717, 1.165) is 7.11 Å². The van der Waals surface area contributed by atoms with Crippen LogP contribution in [0.3, 0.4) is 0 Å². The van der Waals surface area contributed by atoms with E-state index in [1.165, 1.54) is 19.1 Å². The van der Waals surface area contributed by atoms with Crippen molar-refractivity contribution >= 4 is 17.5 Å². The summed E-state index contributed by atoms with van der Waals surface area (Å²) in [5.74, 6) is -1.40. The molecule has 0 saturated carbocycles. The summed E-state index contributed by atoms with van der Waals surface area (Å²) in [6.07, 6.45) is -1.61. The highest BCUT2D eigenvalue weighted by atomic mass is 16.5. The van der Waals surface area contributed by atoms with E-state index in [4.69, 9.17) is 4.74 Å². The predicted octanol–water partition coefficient (Wildman–Crippen LogP) is 1.17. The zero-order valence-corrected chi connectivity index (χ0v) is 11.5. The van der Waals surface area contributed by atoms with Gasteiger partial charge in [0.05, 0.1) is 7.11 Å². The summed E-state index contributed by atoms with van der Waals surface area (Å²) in [5, 5.41) is 19.6. The molecule has 0 saturated heterocycles. The fraction of sp³-hybridized carbons (Fsp3) is 0.286. The Balaban J connectivity index is 3.20. The maximum absolute atomic E-state index is 11.3. The molecule has 1 aromatic carbocycles. The molecule has 0 aromatic heterocycles. The van der Waals surface area contributed by atoms with Crippen LogP contribution in [0.25, 0.3) is 5.57 Å². The zero-order chi connectivity index (χ0) is 15.4. The van der Waals surface area contributed by atoms with Gasteiger partial charge < -0.3 is 19.7 Å². The second-order valence-electron chi connectivity index (χ2n) is 4.18. The van der Waals surface area contributed by atoms with Crippen LogP contribution in [0.1, 0.15) is 18.1 Å². The molecule has 0 aliphatic heterocycles. The fourth-order valence-corrected chi connectivity index (χ4v) is 1.60. The minimum absolute atomic E-state index is 0.0530. The molecule has 0 aliphatic rings. The summed E-state index contributed by atoms with van der Waals surface area (Å²) in [7, 11) is 1.12. The van der Waals surface area contributed by atoms with Crippen molar-refractivity contribution in [2.24, 2.45) is 0 Å². The zero-order valence-electron chi connectivity index (χ0n) is 11.5. The first-order chi connectivity index (χ1) is 9.27. The van der Waals surface area contributed by atoms with Crippen LogP contribution in [0.15, 0.2) is 18.7 Å². The van der Waals surface area contributed by atoms with E-state index in [2.05, 4.69) is 11.3 Å². The molecule has 1 rings (SSSR count). The van der Waals surface area contributed by atoms with Crippen LogP contribution >= 0.6 is 0 Å². The second kappa shape index (κ2) is 6.21. The van der Waals surface area contributed by atoms with Crippen LogP contribution in [0, 0.1) is 6.92 Å². The van der Waals surface area contributed by atoms with Crippen molar-refractivity contribution in [3.8, 4) is 11.5 Å². The van der Waals surface area contributed by atoms with Crippen molar-refractivity contribution in [3.63, 3.8) is 0 Å². The first kappa shape index (κ1) is 15.7. The summed E-state index contributed by atoms with van der Waals surface area (Å²) in [5.41, 5.74) is 0.578. The number of carbonyl (C=O) groups excluding carboxylic acids is 2. The number of benzene rings is 1. The fourth-order valence-electron chi connectivity index (χ4n) is 1.60. The van der Waals surface area contributed by atoms with Gasteiger partial charge in [0.1, 0.15) is 11.5 Å². The standard InChI is InChI=1S/C14H16O6/c1-7-5-11(16)10(6-12(7)20-9(3)15)8(2)13(17)14(18)19-4/h5-6,13,16-17H,2H2,1,3-4H3. The number of aliphatic hydroxyl groups excluding tert-OH is 1. The van der Waals surface area contributed by atoms with Gasteiger partial charge in [0.15, 0.2) is 6.10 Å². The maximum atomic E-state index is 11.3. The van der Waals surface area contributed by atoms with Crippen molar-refractivity contribution in [3.05, 3.63) is 29.8 Å². The average molecular weight is 280 g/mol. The third kappa shape index (κ3) is 3.36. The van der Waals surface area contributed by atoms with Gasteiger partial charge >= 0.3 is 11.9 Å². The first-order valence-corrected chi connectivity index (χ1v) is 5.75. The minimum atomic E-state index is -1.61. The highest BCUT2D eigenvalue weighted by Crippen LogP contribution is 2.33. The van der Waals surface area contributed by atoms with Crippen LogP contribution in [0.5, 0.6) is 11.5 Å². The number of phenols is 1. The SMILES string of the molecule is C=C(c1cc(OC(C)=O)c(C)cc1O)C(O)C(=O)OC. The normalized spacial score (nSPS) is 11.6. The molecular weight excluding hydrogens is 264 g/mol. The summed E-state index contributed by atoms with van der Waals surface area (Å²) >= 11 is 0. The van der Waals surface area contributed by atoms with Gasteiger partial charge in [-0.05, 0) is 30.2 Å². The van der Waals surface area contributed by atoms with E-state index < -0.39 is 18.0 Å². The molecule has 6 heteroatoms. The third-order valence-corrected chi connectivity index (χ3v) is 2.65. The van der Waals surface area contributed by atoms with Crippen LogP contribution in [-0.4, -0.2) is 35.4 Å². The molecule has 108 valence electrons. The Kier molecular flexibility index (Phi) is 4.88. The molecule has 0 aliphatic carbocycles. The van der Waals surface area contributed by atoms with Crippen molar-refractivity contribution in [1.82, 2.24) is 0 Å². The summed E-state index contributed by atoms with van der Waals surface area (Å²) in [4.78, 5) is 22.3. The number of hydrogen-bond donors (Lipinski definition) is 2. The smallest absolute Gasteiger partial charge is 0.339 e. The predicted molar refractivity (Wildman–Crippen MR) is 71.2 cm³/mol. The minimum Gasteiger partial charge on any atom is -0.507 e. The Morgan fingerprint density at radius 3 is 2.45 bits per heavy atom. The molecule has 1 unspecified atom stereocenters. The molecule has 6 nitrogen and oxygen atoms in total. The van der Waals surface area contributed by atoms with Gasteiger partial charge in [-0.25, -0.2) is 4.79 Å². The molecule has 1 atom stereocenters. The van der Waals surface area contributed by atoms with Gasteiger partial charge in [0.2, 0.25) is 0 Å². The molecule has 0 heterocycles. The van der Waals surface area contributed by atoms with Crippen molar-refractivity contribution in [2.45, 2.75) is 20.0 Å². The number of carbonyl (C=O) groups is 2. The molecule has 0 bridgehead atoms. The van der Waals surface area contributed by atoms with E-state index in [9.17, 15) is 19.8 Å². The van der Waals surface area contributed by atoms with Crippen LogP contribution in [0.2, 0.25) is 0 Å². The Bertz CT molecular complexity index is 561. The average Bonchev–Trinajstić information content (AvgIpc) is 2.38. The Hall–Kier alpha value is -2.34. The quantitative estimate of drug-likeness (QED) is 0.635. The largest absolute Gasteiger partial charge is 0.507 e. The summed E-state index contributed by atoms with van der Waals surface area (Å²) in [6, 6.07) is 2.68. The topological polar surface area (TPSA) is 93.1 Å². The molecule has 0 radical (unpaired) electrons. The molecule has 0 spiro atoms. The lowest BCUT2D eigenvalue weighted by atomic mass is 9.99. The lowest BCUT2D eigenvalue weighted by Gasteiger charge is -2.15. The molecule has 0 fully saturated rings. The monoisotopic (exact) mass is 280 g/mol. The Labute approximate surface area is 116 Å². The lowest BCUT2D eigenvalue weighted by molar-refractivity contribution is -0.147. The highest BCUT2D eigenvalue weighted by Gasteiger charge is 2.23. The molecule has 1 aromatic rings. The molecule has 20 heavy (non-hydrogen) atoms. The van der Waals surface area contributed by atoms with Crippen molar-refractivity contribution in [2.75, 3.05) is 7.11 Å². The van der Waals surface area contributed by atoms with Crippen molar-refractivity contribution < 1.29 is 29.3 Å². The lowest BCUT2D eigenvalue weighted by Crippen LogP contribution is -2.22. The van der Waals surface area contributed by atoms with Gasteiger partial charge in [0, 0.05) is 12.5 Å². The van der Waals surface area contributed by atoms with Gasteiger partial charge in [-0.1, -0.05) is 6.58 Å². The number of rotatable bonds is 4. The third-order valence-electron chi connectivity index (χ3n) is 2.65. The number of esters is 2. The van der Waals surface area contributed by atoms with Gasteiger partial charge in [-0.3, -0.25) is 4.79 Å². The van der Waals surface area contributed by atoms with E-state index in [0.29, 0.717) is 5.56 Å². The number of phenolic OH excluding ortho intramolecular Hbond substituents is 1.